The summed E-state index contributed by atoms with van der Waals surface area (Å²) in [6, 6.07) is 7.28. The van der Waals surface area contributed by atoms with Gasteiger partial charge in [-0.05, 0) is 35.8 Å². The van der Waals surface area contributed by atoms with Crippen LogP contribution < -0.4 is 11.1 Å². The van der Waals surface area contributed by atoms with E-state index in [0.29, 0.717) is 24.4 Å². The first-order valence-corrected chi connectivity index (χ1v) is 8.26. The van der Waals surface area contributed by atoms with Crippen LogP contribution in [-0.4, -0.2) is 28.5 Å². The maximum atomic E-state index is 11.9. The normalized spacial score (nSPS) is 16.7. The van der Waals surface area contributed by atoms with Crippen molar-refractivity contribution in [1.82, 2.24) is 5.32 Å². The van der Waals surface area contributed by atoms with Crippen molar-refractivity contribution < 1.29 is 10.0 Å². The number of carbonyl (C=O) groups is 1. The van der Waals surface area contributed by atoms with Crippen molar-refractivity contribution in [3.05, 3.63) is 35.4 Å². The summed E-state index contributed by atoms with van der Waals surface area (Å²) in [5.41, 5.74) is 7.16. The Bertz CT molecular complexity index is 496. The molecular weight excluding hydrogens is 286 g/mol. The van der Waals surface area contributed by atoms with Crippen molar-refractivity contribution in [2.75, 3.05) is 11.5 Å². The van der Waals surface area contributed by atoms with Crippen LogP contribution in [0.1, 0.15) is 30.4 Å². The van der Waals surface area contributed by atoms with Crippen LogP contribution in [0.3, 0.4) is 0 Å². The van der Waals surface area contributed by atoms with Crippen molar-refractivity contribution in [1.29, 1.82) is 0 Å². The molecule has 0 unspecified atom stereocenters. The average molecular weight is 307 g/mol. The van der Waals surface area contributed by atoms with Gasteiger partial charge in [0, 0.05) is 18.5 Å². The molecule has 1 aliphatic rings. The van der Waals surface area contributed by atoms with Gasteiger partial charge >= 0.3 is 0 Å². The number of nitrogens with zero attached hydrogens (tertiary/aromatic N) is 1. The van der Waals surface area contributed by atoms with Gasteiger partial charge in [0.05, 0.1) is 0 Å². The molecule has 1 saturated heterocycles. The molecule has 114 valence electrons. The zero-order valence-electron chi connectivity index (χ0n) is 11.9. The molecule has 1 aromatic rings. The monoisotopic (exact) mass is 307 g/mol. The van der Waals surface area contributed by atoms with Crippen molar-refractivity contribution in [3.8, 4) is 0 Å². The fourth-order valence-corrected chi connectivity index (χ4v) is 3.54. The van der Waals surface area contributed by atoms with Crippen LogP contribution >= 0.6 is 11.8 Å². The minimum Gasteiger partial charge on any atom is -0.409 e. The number of amides is 1. The second kappa shape index (κ2) is 7.93. The Hall–Kier alpha value is -1.69. The zero-order valence-corrected chi connectivity index (χ0v) is 12.7. The first-order valence-electron chi connectivity index (χ1n) is 7.10. The third-order valence-corrected chi connectivity index (χ3v) is 4.71. The van der Waals surface area contributed by atoms with E-state index in [-0.39, 0.29) is 11.7 Å². The van der Waals surface area contributed by atoms with Gasteiger partial charge in [-0.15, -0.1) is 0 Å². The Morgan fingerprint density at radius 2 is 2.00 bits per heavy atom. The van der Waals surface area contributed by atoms with Crippen LogP contribution in [0.5, 0.6) is 0 Å². The van der Waals surface area contributed by atoms with Gasteiger partial charge in [0.2, 0.25) is 5.91 Å². The third kappa shape index (κ3) is 4.97. The highest BCUT2D eigenvalue weighted by Gasteiger charge is 2.16. The molecule has 0 saturated carbocycles. The molecule has 4 N–H and O–H groups in total. The molecule has 21 heavy (non-hydrogen) atoms. The number of thioether (sulfide) groups is 1. The average Bonchev–Trinajstić information content (AvgIpc) is 2.53. The molecule has 6 heteroatoms. The number of amidine groups is 1. The van der Waals surface area contributed by atoms with E-state index in [2.05, 4.69) is 10.5 Å². The summed E-state index contributed by atoms with van der Waals surface area (Å²) in [4.78, 5) is 11.9. The maximum absolute atomic E-state index is 11.9. The van der Waals surface area contributed by atoms with Crippen LogP contribution in [0.15, 0.2) is 29.4 Å². The summed E-state index contributed by atoms with van der Waals surface area (Å²) in [5, 5.41) is 14.5. The Balaban J connectivity index is 1.78. The number of nitrogens with one attached hydrogen (secondary N) is 1. The molecular formula is C15H21N3O2S. The maximum Gasteiger partial charge on any atom is 0.220 e. The van der Waals surface area contributed by atoms with Crippen LogP contribution in [0, 0.1) is 5.92 Å². The Labute approximate surface area is 129 Å². The van der Waals surface area contributed by atoms with E-state index in [1.165, 1.54) is 11.5 Å². The highest BCUT2D eigenvalue weighted by Crippen LogP contribution is 2.25. The van der Waals surface area contributed by atoms with Crippen molar-refractivity contribution >= 4 is 23.5 Å². The molecule has 1 amide bonds. The fourth-order valence-electron chi connectivity index (χ4n) is 2.34. The van der Waals surface area contributed by atoms with E-state index < -0.39 is 0 Å². The summed E-state index contributed by atoms with van der Waals surface area (Å²) in [5.74, 6) is 3.09. The number of oxime groups is 1. The molecule has 0 atom stereocenters. The lowest BCUT2D eigenvalue weighted by atomic mass is 9.98. The summed E-state index contributed by atoms with van der Waals surface area (Å²) >= 11 is 1.97. The van der Waals surface area contributed by atoms with Gasteiger partial charge in [-0.3, -0.25) is 4.79 Å². The van der Waals surface area contributed by atoms with Crippen LogP contribution in [0.4, 0.5) is 0 Å². The largest absolute Gasteiger partial charge is 0.409 e. The number of hydrogen-bond acceptors (Lipinski definition) is 4. The quantitative estimate of drug-likeness (QED) is 0.336. The fraction of sp³-hybridized carbons (Fsp3) is 0.467. The molecule has 1 aromatic carbocycles. The van der Waals surface area contributed by atoms with Gasteiger partial charge < -0.3 is 16.3 Å². The molecule has 2 rings (SSSR count). The van der Waals surface area contributed by atoms with E-state index in [1.54, 1.807) is 12.1 Å². The summed E-state index contributed by atoms with van der Waals surface area (Å²) in [7, 11) is 0. The van der Waals surface area contributed by atoms with E-state index in [0.717, 1.165) is 18.4 Å². The molecule has 1 heterocycles. The molecule has 0 bridgehead atoms. The Morgan fingerprint density at radius 1 is 1.33 bits per heavy atom. The van der Waals surface area contributed by atoms with Crippen LogP contribution in [0.25, 0.3) is 0 Å². The minimum atomic E-state index is 0.0840. The summed E-state index contributed by atoms with van der Waals surface area (Å²) in [6.45, 7) is 0.511. The van der Waals surface area contributed by atoms with Crippen LogP contribution in [0.2, 0.25) is 0 Å². The molecule has 1 fully saturated rings. The lowest BCUT2D eigenvalue weighted by Gasteiger charge is -2.20. The number of benzene rings is 1. The highest BCUT2D eigenvalue weighted by atomic mass is 32.2. The van der Waals surface area contributed by atoms with Crippen molar-refractivity contribution in [2.45, 2.75) is 25.8 Å². The second-order valence-corrected chi connectivity index (χ2v) is 6.44. The van der Waals surface area contributed by atoms with Gasteiger partial charge in [0.15, 0.2) is 5.84 Å². The van der Waals surface area contributed by atoms with E-state index >= 15 is 0 Å². The molecule has 1 aliphatic heterocycles. The summed E-state index contributed by atoms with van der Waals surface area (Å²) in [6.07, 6.45) is 2.92. The minimum absolute atomic E-state index is 0.0840. The molecule has 5 nitrogen and oxygen atoms in total. The standard InChI is InChI=1S/C15H21N3O2S/c16-15(18-20)13-3-1-12(2-4-13)10-17-14(19)9-11-5-7-21-8-6-11/h1-4,11,20H,5-10H2,(H2,16,18)(H,17,19). The van der Waals surface area contributed by atoms with Gasteiger partial charge in [-0.2, -0.15) is 11.8 Å². The van der Waals surface area contributed by atoms with Crippen LogP contribution in [-0.2, 0) is 11.3 Å². The Kier molecular flexibility index (Phi) is 5.92. The first-order chi connectivity index (χ1) is 10.2. The Morgan fingerprint density at radius 3 is 2.62 bits per heavy atom. The smallest absolute Gasteiger partial charge is 0.220 e. The predicted molar refractivity (Wildman–Crippen MR) is 85.5 cm³/mol. The predicted octanol–water partition coefficient (Wildman–Crippen LogP) is 1.93. The molecule has 0 spiro atoms. The SMILES string of the molecule is N/C(=N/O)c1ccc(CNC(=O)CC2CCSCC2)cc1. The molecule has 0 aromatic heterocycles. The zero-order chi connectivity index (χ0) is 15.1. The van der Waals surface area contributed by atoms with E-state index in [9.17, 15) is 4.79 Å². The number of nitrogens with two attached hydrogens (primary N) is 1. The topological polar surface area (TPSA) is 87.7 Å². The number of hydrogen-bond donors (Lipinski definition) is 3. The van der Waals surface area contributed by atoms with E-state index in [4.69, 9.17) is 10.9 Å². The van der Waals surface area contributed by atoms with Crippen molar-refractivity contribution in [3.63, 3.8) is 0 Å². The first kappa shape index (κ1) is 15.7. The third-order valence-electron chi connectivity index (χ3n) is 3.66. The molecule has 0 aliphatic carbocycles. The van der Waals surface area contributed by atoms with E-state index in [1.807, 2.05) is 23.9 Å². The van der Waals surface area contributed by atoms with Gasteiger partial charge in [-0.1, -0.05) is 29.4 Å². The van der Waals surface area contributed by atoms with Gasteiger partial charge in [0.1, 0.15) is 0 Å². The van der Waals surface area contributed by atoms with Crippen molar-refractivity contribution in [2.24, 2.45) is 16.8 Å². The van der Waals surface area contributed by atoms with Gasteiger partial charge in [0.25, 0.3) is 0 Å². The lowest BCUT2D eigenvalue weighted by Crippen LogP contribution is -2.26. The lowest BCUT2D eigenvalue weighted by molar-refractivity contribution is -0.122. The summed E-state index contributed by atoms with van der Waals surface area (Å²) < 4.78 is 0. The second-order valence-electron chi connectivity index (χ2n) is 5.22. The number of carbonyl (C=O) groups excluding carboxylic acids is 1. The highest BCUT2D eigenvalue weighted by molar-refractivity contribution is 7.99. The number of rotatable bonds is 5. The molecule has 0 radical (unpaired) electrons. The van der Waals surface area contributed by atoms with Gasteiger partial charge in [-0.25, -0.2) is 0 Å².